The lowest BCUT2D eigenvalue weighted by Gasteiger charge is -2.15. The van der Waals surface area contributed by atoms with Crippen molar-refractivity contribution in [2.45, 2.75) is 47.1 Å². The van der Waals surface area contributed by atoms with Crippen LogP contribution < -0.4 is 11.1 Å². The maximum atomic E-state index is 12.6. The molecule has 130 valence electrons. The molecular formula is C17H26N6O. The third-order valence-corrected chi connectivity index (χ3v) is 3.99. The first kappa shape index (κ1) is 17.9. The van der Waals surface area contributed by atoms with Crippen molar-refractivity contribution < 1.29 is 4.79 Å². The summed E-state index contributed by atoms with van der Waals surface area (Å²) in [5.41, 5.74) is 9.79. The second-order valence-electron chi connectivity index (χ2n) is 6.60. The minimum atomic E-state index is -0.260. The Hall–Kier alpha value is -2.44. The molecule has 0 radical (unpaired) electrons. The number of rotatable bonds is 5. The first-order chi connectivity index (χ1) is 11.2. The normalized spacial score (nSPS) is 12.5. The third-order valence-electron chi connectivity index (χ3n) is 3.99. The standard InChI is InChI=1S/C17H26N6O/c1-9(2)7-13-8-14(21-17(18)20-13)16(24)19-10(3)15-11(4)22-23(6)12(15)5/h8-10H,7H2,1-6H3,(H,19,24)(H2,18,20,21). The average molecular weight is 330 g/mol. The zero-order chi connectivity index (χ0) is 18.0. The highest BCUT2D eigenvalue weighted by atomic mass is 16.1. The number of nitrogens with one attached hydrogen (secondary N) is 1. The van der Waals surface area contributed by atoms with Gasteiger partial charge >= 0.3 is 0 Å². The molecule has 0 aliphatic rings. The number of amides is 1. The Morgan fingerprint density at radius 2 is 1.96 bits per heavy atom. The van der Waals surface area contributed by atoms with E-state index in [9.17, 15) is 4.79 Å². The first-order valence-corrected chi connectivity index (χ1v) is 8.13. The molecule has 1 amide bonds. The van der Waals surface area contributed by atoms with E-state index in [-0.39, 0.29) is 17.9 Å². The van der Waals surface area contributed by atoms with Crippen molar-refractivity contribution in [2.24, 2.45) is 13.0 Å². The number of nitrogens with zero attached hydrogens (tertiary/aromatic N) is 4. The quantitative estimate of drug-likeness (QED) is 0.874. The lowest BCUT2D eigenvalue weighted by molar-refractivity contribution is 0.0934. The van der Waals surface area contributed by atoms with Gasteiger partial charge in [-0.25, -0.2) is 9.97 Å². The first-order valence-electron chi connectivity index (χ1n) is 8.13. The Labute approximate surface area is 142 Å². The Morgan fingerprint density at radius 3 is 2.50 bits per heavy atom. The van der Waals surface area contributed by atoms with E-state index in [4.69, 9.17) is 5.73 Å². The number of carbonyl (C=O) groups is 1. The van der Waals surface area contributed by atoms with Crippen LogP contribution in [0.25, 0.3) is 0 Å². The molecular weight excluding hydrogens is 304 g/mol. The summed E-state index contributed by atoms with van der Waals surface area (Å²) >= 11 is 0. The molecule has 0 bridgehead atoms. The number of anilines is 1. The summed E-state index contributed by atoms with van der Waals surface area (Å²) in [4.78, 5) is 20.8. The van der Waals surface area contributed by atoms with E-state index < -0.39 is 0 Å². The van der Waals surface area contributed by atoms with Crippen LogP contribution in [-0.2, 0) is 13.5 Å². The Balaban J connectivity index is 2.21. The number of hydrogen-bond acceptors (Lipinski definition) is 5. The predicted molar refractivity (Wildman–Crippen MR) is 93.5 cm³/mol. The molecule has 0 saturated carbocycles. The minimum Gasteiger partial charge on any atom is -0.368 e. The van der Waals surface area contributed by atoms with E-state index in [1.165, 1.54) is 0 Å². The van der Waals surface area contributed by atoms with Crippen molar-refractivity contribution in [3.63, 3.8) is 0 Å². The Kier molecular flexibility index (Phi) is 5.21. The van der Waals surface area contributed by atoms with Crippen molar-refractivity contribution in [1.29, 1.82) is 0 Å². The zero-order valence-corrected chi connectivity index (χ0v) is 15.2. The lowest BCUT2D eigenvalue weighted by Crippen LogP contribution is -2.28. The van der Waals surface area contributed by atoms with Crippen molar-refractivity contribution in [2.75, 3.05) is 5.73 Å². The zero-order valence-electron chi connectivity index (χ0n) is 15.2. The van der Waals surface area contributed by atoms with Crippen molar-refractivity contribution in [3.05, 3.63) is 34.4 Å². The monoisotopic (exact) mass is 330 g/mol. The number of nitrogen functional groups attached to an aromatic ring is 1. The van der Waals surface area contributed by atoms with Crippen LogP contribution in [0.2, 0.25) is 0 Å². The largest absolute Gasteiger partial charge is 0.368 e. The van der Waals surface area contributed by atoms with Crippen LogP contribution in [0.5, 0.6) is 0 Å². The smallest absolute Gasteiger partial charge is 0.270 e. The van der Waals surface area contributed by atoms with Crippen molar-refractivity contribution in [3.8, 4) is 0 Å². The van der Waals surface area contributed by atoms with Crippen molar-refractivity contribution >= 4 is 11.9 Å². The van der Waals surface area contributed by atoms with Gasteiger partial charge in [-0.3, -0.25) is 9.48 Å². The maximum Gasteiger partial charge on any atom is 0.270 e. The number of nitrogens with two attached hydrogens (primary N) is 1. The van der Waals surface area contributed by atoms with Crippen LogP contribution in [0, 0.1) is 19.8 Å². The second-order valence-corrected chi connectivity index (χ2v) is 6.60. The van der Waals surface area contributed by atoms with E-state index in [0.717, 1.165) is 29.1 Å². The van der Waals surface area contributed by atoms with Crippen LogP contribution in [0.3, 0.4) is 0 Å². The third kappa shape index (κ3) is 3.90. The summed E-state index contributed by atoms with van der Waals surface area (Å²) in [5, 5.41) is 7.37. The molecule has 2 heterocycles. The Morgan fingerprint density at radius 1 is 1.29 bits per heavy atom. The van der Waals surface area contributed by atoms with Gasteiger partial charge in [-0.05, 0) is 39.2 Å². The summed E-state index contributed by atoms with van der Waals surface area (Å²) in [6.45, 7) is 10.0. The maximum absolute atomic E-state index is 12.6. The van der Waals surface area contributed by atoms with Gasteiger partial charge in [-0.2, -0.15) is 5.10 Å². The van der Waals surface area contributed by atoms with E-state index in [1.54, 1.807) is 6.07 Å². The van der Waals surface area contributed by atoms with E-state index in [0.29, 0.717) is 11.6 Å². The molecule has 2 rings (SSSR count). The van der Waals surface area contributed by atoms with Gasteiger partial charge in [0.05, 0.1) is 11.7 Å². The summed E-state index contributed by atoms with van der Waals surface area (Å²) in [7, 11) is 1.89. The summed E-state index contributed by atoms with van der Waals surface area (Å²) in [6, 6.07) is 1.54. The predicted octanol–water partition coefficient (Wildman–Crippen LogP) is 2.10. The number of aryl methyl sites for hydroxylation is 2. The summed E-state index contributed by atoms with van der Waals surface area (Å²) < 4.78 is 1.82. The number of hydrogen-bond donors (Lipinski definition) is 2. The van der Waals surface area contributed by atoms with E-state index in [1.807, 2.05) is 32.5 Å². The molecule has 2 aromatic heterocycles. The minimum absolute atomic E-state index is 0.125. The highest BCUT2D eigenvalue weighted by Gasteiger charge is 2.20. The van der Waals surface area contributed by atoms with Gasteiger partial charge in [0, 0.05) is 24.0 Å². The Bertz CT molecular complexity index is 750. The summed E-state index contributed by atoms with van der Waals surface area (Å²) in [5.74, 6) is 0.291. The van der Waals surface area contributed by atoms with Crippen LogP contribution in [-0.4, -0.2) is 25.7 Å². The molecule has 0 aromatic carbocycles. The highest BCUT2D eigenvalue weighted by molar-refractivity contribution is 5.92. The van der Waals surface area contributed by atoms with Gasteiger partial charge in [-0.15, -0.1) is 0 Å². The fraction of sp³-hybridized carbons (Fsp3) is 0.529. The molecule has 0 aliphatic carbocycles. The SMILES string of the molecule is Cc1nn(C)c(C)c1C(C)NC(=O)c1cc(CC(C)C)nc(N)n1. The van der Waals surface area contributed by atoms with E-state index in [2.05, 4.69) is 34.2 Å². The van der Waals surface area contributed by atoms with Gasteiger partial charge < -0.3 is 11.1 Å². The van der Waals surface area contributed by atoms with E-state index >= 15 is 0 Å². The van der Waals surface area contributed by atoms with Gasteiger partial charge in [0.2, 0.25) is 5.95 Å². The van der Waals surface area contributed by atoms with Gasteiger partial charge in [0.15, 0.2) is 0 Å². The summed E-state index contributed by atoms with van der Waals surface area (Å²) in [6.07, 6.45) is 0.753. The molecule has 0 aliphatic heterocycles. The highest BCUT2D eigenvalue weighted by Crippen LogP contribution is 2.21. The number of aromatic nitrogens is 4. The number of carbonyl (C=O) groups excluding carboxylic acids is 1. The molecule has 24 heavy (non-hydrogen) atoms. The van der Waals surface area contributed by atoms with Gasteiger partial charge in [-0.1, -0.05) is 13.8 Å². The fourth-order valence-electron chi connectivity index (χ4n) is 2.92. The van der Waals surface area contributed by atoms with Gasteiger partial charge in [0.25, 0.3) is 5.91 Å². The van der Waals surface area contributed by atoms with Crippen LogP contribution in [0.1, 0.15) is 59.9 Å². The molecule has 0 saturated heterocycles. The molecule has 7 heteroatoms. The molecule has 0 spiro atoms. The second kappa shape index (κ2) is 6.98. The molecule has 7 nitrogen and oxygen atoms in total. The lowest BCUT2D eigenvalue weighted by atomic mass is 10.1. The van der Waals surface area contributed by atoms with Gasteiger partial charge in [0.1, 0.15) is 5.69 Å². The fourth-order valence-corrected chi connectivity index (χ4v) is 2.92. The topological polar surface area (TPSA) is 98.7 Å². The van der Waals surface area contributed by atoms with Crippen LogP contribution >= 0.6 is 0 Å². The van der Waals surface area contributed by atoms with Crippen LogP contribution in [0.4, 0.5) is 5.95 Å². The molecule has 1 unspecified atom stereocenters. The van der Waals surface area contributed by atoms with Crippen LogP contribution in [0.15, 0.2) is 6.07 Å². The molecule has 1 atom stereocenters. The average Bonchev–Trinajstić information content (AvgIpc) is 2.70. The molecule has 0 fully saturated rings. The van der Waals surface area contributed by atoms with Crippen molar-refractivity contribution in [1.82, 2.24) is 25.1 Å². The molecule has 2 aromatic rings. The molecule has 3 N–H and O–H groups in total.